The molecule has 0 aromatic heterocycles. The van der Waals surface area contributed by atoms with Crippen molar-refractivity contribution in [2.24, 2.45) is 5.92 Å². The van der Waals surface area contributed by atoms with E-state index < -0.39 is 36.9 Å². The van der Waals surface area contributed by atoms with Crippen molar-refractivity contribution >= 4 is 43.2 Å². The van der Waals surface area contributed by atoms with E-state index in [9.17, 15) is 26.4 Å². The lowest BCUT2D eigenvalue weighted by molar-refractivity contribution is -0.130. The van der Waals surface area contributed by atoms with Crippen LogP contribution in [0.3, 0.4) is 0 Å². The number of benzene rings is 3. The molecule has 0 bridgehead atoms. The highest BCUT2D eigenvalue weighted by Crippen LogP contribution is 2.59. The number of nitrogens with zero attached hydrogens (tertiary/aromatic N) is 2. The molecule has 12 heteroatoms. The van der Waals surface area contributed by atoms with Gasteiger partial charge in [-0.05, 0) is 113 Å². The molecule has 3 aliphatic rings. The second kappa shape index (κ2) is 11.7. The van der Waals surface area contributed by atoms with Gasteiger partial charge in [0, 0.05) is 42.2 Å². The molecule has 1 spiro atoms. The van der Waals surface area contributed by atoms with E-state index in [1.54, 1.807) is 91.5 Å². The fourth-order valence-electron chi connectivity index (χ4n) is 7.15. The Bertz CT molecular complexity index is 1940. The van der Waals surface area contributed by atoms with Crippen LogP contribution in [0, 0.1) is 12.8 Å². The van der Waals surface area contributed by atoms with E-state index in [1.807, 2.05) is 6.92 Å². The van der Waals surface area contributed by atoms with Crippen LogP contribution in [0.2, 0.25) is 0 Å². The van der Waals surface area contributed by atoms with Crippen LogP contribution in [-0.4, -0.2) is 58.2 Å². The number of fused-ring (bicyclic) bond motifs is 2. The number of nitrogens with one attached hydrogen (secondary N) is 2. The SMILES string of the molecule is CC(=O)N1CCC2(CC1)c1cc(C(=O)Nc3cccc(S(=O)(=O)NC(C)(C)C)c3)ccc1N(S(=O)(=O)c1ccc(C)cc1)C2C1CC1. The van der Waals surface area contributed by atoms with Crippen LogP contribution in [0.1, 0.15) is 74.9 Å². The van der Waals surface area contributed by atoms with Crippen LogP contribution in [0.15, 0.2) is 76.5 Å². The standard InChI is InChI=1S/C35H42N4O6S2/c1-23-9-14-28(15-10-23)47(44,45)39-31-16-13-26(33(41)36-27-7-6-8-29(22-27)46(42,43)37-34(3,4)5)21-30(31)35(32(39)25-11-12-25)17-19-38(20-18-35)24(2)40/h6-10,13-16,21-22,25,32,37H,11-12,17-20H2,1-5H3,(H,36,41). The predicted octanol–water partition coefficient (Wildman–Crippen LogP) is 5.19. The van der Waals surface area contributed by atoms with Gasteiger partial charge < -0.3 is 10.2 Å². The largest absolute Gasteiger partial charge is 0.343 e. The van der Waals surface area contributed by atoms with E-state index in [0.29, 0.717) is 42.9 Å². The van der Waals surface area contributed by atoms with Crippen molar-refractivity contribution in [3.63, 3.8) is 0 Å². The average Bonchev–Trinajstić information content (AvgIpc) is 3.80. The molecule has 47 heavy (non-hydrogen) atoms. The fraction of sp³-hybridized carbons (Fsp3) is 0.429. The van der Waals surface area contributed by atoms with Gasteiger partial charge in [0.05, 0.1) is 21.5 Å². The van der Waals surface area contributed by atoms with Crippen molar-refractivity contribution < 1.29 is 26.4 Å². The van der Waals surface area contributed by atoms with Gasteiger partial charge in [0.15, 0.2) is 0 Å². The first-order valence-electron chi connectivity index (χ1n) is 16.0. The molecule has 250 valence electrons. The van der Waals surface area contributed by atoms with Gasteiger partial charge >= 0.3 is 0 Å². The third kappa shape index (κ3) is 6.30. The first-order chi connectivity index (χ1) is 22.0. The molecule has 0 radical (unpaired) electrons. The van der Waals surface area contributed by atoms with Crippen molar-refractivity contribution in [3.05, 3.63) is 83.4 Å². The predicted molar refractivity (Wildman–Crippen MR) is 181 cm³/mol. The second-order valence-electron chi connectivity index (χ2n) is 14.1. The Hall–Kier alpha value is -3.74. The van der Waals surface area contributed by atoms with Crippen LogP contribution in [0.5, 0.6) is 0 Å². The van der Waals surface area contributed by atoms with Crippen LogP contribution < -0.4 is 14.3 Å². The quantitative estimate of drug-likeness (QED) is 0.354. The summed E-state index contributed by atoms with van der Waals surface area (Å²) in [6.07, 6.45) is 2.97. The van der Waals surface area contributed by atoms with Crippen LogP contribution in [0.4, 0.5) is 11.4 Å². The number of sulfonamides is 2. The zero-order valence-electron chi connectivity index (χ0n) is 27.4. The molecule has 2 aliphatic heterocycles. The van der Waals surface area contributed by atoms with Gasteiger partial charge in [-0.15, -0.1) is 0 Å². The summed E-state index contributed by atoms with van der Waals surface area (Å²) in [6.45, 7) is 9.71. The minimum Gasteiger partial charge on any atom is -0.343 e. The highest BCUT2D eigenvalue weighted by molar-refractivity contribution is 7.93. The smallest absolute Gasteiger partial charge is 0.264 e. The third-order valence-electron chi connectivity index (χ3n) is 9.44. The lowest BCUT2D eigenvalue weighted by Gasteiger charge is -2.45. The van der Waals surface area contributed by atoms with Gasteiger partial charge in [-0.3, -0.25) is 13.9 Å². The van der Waals surface area contributed by atoms with Crippen LogP contribution in [-0.2, 0) is 30.3 Å². The number of likely N-dealkylation sites (tertiary alicyclic amines) is 1. The third-order valence-corrected chi connectivity index (χ3v) is 13.0. The summed E-state index contributed by atoms with van der Waals surface area (Å²) in [5.74, 6) is -0.291. The molecule has 1 unspecified atom stereocenters. The molecule has 3 aromatic carbocycles. The number of anilines is 2. The molecular formula is C35H42N4O6S2. The van der Waals surface area contributed by atoms with Crippen molar-refractivity contribution in [3.8, 4) is 0 Å². The molecule has 1 saturated carbocycles. The first kappa shape index (κ1) is 33.2. The maximum absolute atomic E-state index is 14.4. The average molecular weight is 679 g/mol. The van der Waals surface area contributed by atoms with E-state index in [-0.39, 0.29) is 27.7 Å². The number of rotatable bonds is 7. The van der Waals surface area contributed by atoms with Gasteiger partial charge in [-0.1, -0.05) is 23.8 Å². The topological polar surface area (TPSA) is 133 Å². The minimum absolute atomic E-state index is 0.0137. The number of carbonyl (C=O) groups excluding carboxylic acids is 2. The Labute approximate surface area is 277 Å². The summed E-state index contributed by atoms with van der Waals surface area (Å²) in [7, 11) is -7.78. The Morgan fingerprint density at radius 3 is 2.13 bits per heavy atom. The summed E-state index contributed by atoms with van der Waals surface area (Å²) in [4.78, 5) is 28.1. The molecule has 2 N–H and O–H groups in total. The molecule has 2 fully saturated rings. The first-order valence-corrected chi connectivity index (χ1v) is 18.9. The van der Waals surface area contributed by atoms with Crippen LogP contribution >= 0.6 is 0 Å². The monoisotopic (exact) mass is 678 g/mol. The summed E-state index contributed by atoms with van der Waals surface area (Å²) in [5.41, 5.74) is 1.71. The van der Waals surface area contributed by atoms with E-state index in [4.69, 9.17) is 0 Å². The van der Waals surface area contributed by atoms with Crippen molar-refractivity contribution in [2.45, 2.75) is 87.1 Å². The minimum atomic E-state index is -3.95. The van der Waals surface area contributed by atoms with E-state index in [0.717, 1.165) is 24.0 Å². The maximum Gasteiger partial charge on any atom is 0.264 e. The van der Waals surface area contributed by atoms with E-state index in [1.165, 1.54) is 12.1 Å². The van der Waals surface area contributed by atoms with E-state index >= 15 is 0 Å². The van der Waals surface area contributed by atoms with Gasteiger partial charge in [-0.2, -0.15) is 0 Å². The lowest BCUT2D eigenvalue weighted by Crippen LogP contribution is -2.54. The number of piperidine rings is 1. The molecule has 1 atom stereocenters. The number of amides is 2. The van der Waals surface area contributed by atoms with Gasteiger partial charge in [-0.25, -0.2) is 21.6 Å². The lowest BCUT2D eigenvalue weighted by atomic mass is 9.68. The normalized spacial score (nSPS) is 19.5. The van der Waals surface area contributed by atoms with Gasteiger partial charge in [0.1, 0.15) is 0 Å². The number of hydrogen-bond acceptors (Lipinski definition) is 6. The summed E-state index contributed by atoms with van der Waals surface area (Å²) >= 11 is 0. The van der Waals surface area contributed by atoms with Crippen molar-refractivity contribution in [2.75, 3.05) is 22.7 Å². The fourth-order valence-corrected chi connectivity index (χ4v) is 10.4. The Balaban J connectivity index is 1.39. The summed E-state index contributed by atoms with van der Waals surface area (Å²) < 4.78 is 59.0. The Morgan fingerprint density at radius 1 is 0.872 bits per heavy atom. The molecule has 1 aliphatic carbocycles. The molecule has 6 rings (SSSR count). The summed E-state index contributed by atoms with van der Waals surface area (Å²) in [5, 5.41) is 2.84. The van der Waals surface area contributed by atoms with E-state index in [2.05, 4.69) is 10.0 Å². The second-order valence-corrected chi connectivity index (χ2v) is 17.6. The molecular weight excluding hydrogens is 637 g/mol. The zero-order chi connectivity index (χ0) is 33.9. The van der Waals surface area contributed by atoms with Crippen molar-refractivity contribution in [1.29, 1.82) is 0 Å². The van der Waals surface area contributed by atoms with Crippen LogP contribution in [0.25, 0.3) is 0 Å². The molecule has 3 aromatic rings. The molecule has 1 saturated heterocycles. The molecule has 10 nitrogen and oxygen atoms in total. The maximum atomic E-state index is 14.4. The van der Waals surface area contributed by atoms with Gasteiger partial charge in [0.25, 0.3) is 15.9 Å². The van der Waals surface area contributed by atoms with Gasteiger partial charge in [0.2, 0.25) is 15.9 Å². The highest BCUT2D eigenvalue weighted by Gasteiger charge is 2.60. The zero-order valence-corrected chi connectivity index (χ0v) is 29.0. The number of carbonyl (C=O) groups is 2. The molecule has 2 amide bonds. The number of aryl methyl sites for hydroxylation is 1. The molecule has 2 heterocycles. The summed E-state index contributed by atoms with van der Waals surface area (Å²) in [6, 6.07) is 17.8. The highest BCUT2D eigenvalue weighted by atomic mass is 32.2. The number of hydrogen-bond donors (Lipinski definition) is 2. The Morgan fingerprint density at radius 2 is 1.53 bits per heavy atom. The van der Waals surface area contributed by atoms with Crippen molar-refractivity contribution in [1.82, 2.24) is 9.62 Å². The Kier molecular flexibility index (Phi) is 8.29.